The van der Waals surface area contributed by atoms with Gasteiger partial charge in [0.15, 0.2) is 0 Å². The van der Waals surface area contributed by atoms with Gasteiger partial charge >= 0.3 is 0 Å². The number of aromatic nitrogens is 1. The summed E-state index contributed by atoms with van der Waals surface area (Å²) < 4.78 is 5.43. The molecule has 1 aromatic carbocycles. The van der Waals surface area contributed by atoms with Gasteiger partial charge in [0.25, 0.3) is 0 Å². The molecule has 0 radical (unpaired) electrons. The lowest BCUT2D eigenvalue weighted by molar-refractivity contribution is 0.572. The monoisotopic (exact) mass is 303 g/mol. The zero-order chi connectivity index (χ0) is 13.1. The SMILES string of the molecule is CCCCc1coc(-c2c(Cl)cc(Cl)cc2Cl)n1. The Morgan fingerprint density at radius 3 is 2.44 bits per heavy atom. The van der Waals surface area contributed by atoms with E-state index in [-0.39, 0.29) is 0 Å². The molecule has 0 aliphatic rings. The average molecular weight is 305 g/mol. The van der Waals surface area contributed by atoms with E-state index in [1.807, 2.05) is 0 Å². The van der Waals surface area contributed by atoms with Crippen LogP contribution < -0.4 is 0 Å². The molecule has 2 nitrogen and oxygen atoms in total. The van der Waals surface area contributed by atoms with Gasteiger partial charge in [0.2, 0.25) is 5.89 Å². The first-order chi connectivity index (χ1) is 8.61. The van der Waals surface area contributed by atoms with Crippen LogP contribution in [-0.2, 0) is 6.42 Å². The molecule has 0 N–H and O–H groups in total. The van der Waals surface area contributed by atoms with Crippen molar-refractivity contribution in [2.24, 2.45) is 0 Å². The summed E-state index contributed by atoms with van der Waals surface area (Å²) in [5.74, 6) is 0.438. The van der Waals surface area contributed by atoms with Crippen molar-refractivity contribution in [1.82, 2.24) is 4.98 Å². The van der Waals surface area contributed by atoms with Gasteiger partial charge in [-0.25, -0.2) is 4.98 Å². The number of aryl methyl sites for hydroxylation is 1. The lowest BCUT2D eigenvalue weighted by Crippen LogP contribution is -1.86. The molecule has 0 saturated carbocycles. The smallest absolute Gasteiger partial charge is 0.229 e. The summed E-state index contributed by atoms with van der Waals surface area (Å²) >= 11 is 18.1. The van der Waals surface area contributed by atoms with Crippen LogP contribution in [0.4, 0.5) is 0 Å². The van der Waals surface area contributed by atoms with Crippen LogP contribution in [0, 0.1) is 0 Å². The van der Waals surface area contributed by atoms with Gasteiger partial charge in [0.1, 0.15) is 6.26 Å². The van der Waals surface area contributed by atoms with Crippen molar-refractivity contribution >= 4 is 34.8 Å². The van der Waals surface area contributed by atoms with Gasteiger partial charge < -0.3 is 4.42 Å². The number of benzene rings is 1. The molecule has 0 bridgehead atoms. The number of hydrogen-bond donors (Lipinski definition) is 0. The van der Waals surface area contributed by atoms with Gasteiger partial charge in [-0.05, 0) is 25.0 Å². The second-order valence-electron chi connectivity index (χ2n) is 3.99. The molecule has 0 aliphatic heterocycles. The van der Waals surface area contributed by atoms with Crippen LogP contribution in [0.25, 0.3) is 11.5 Å². The number of oxazole rings is 1. The molecule has 0 atom stereocenters. The molecule has 0 unspecified atom stereocenters. The van der Waals surface area contributed by atoms with Gasteiger partial charge in [0.05, 0.1) is 21.3 Å². The summed E-state index contributed by atoms with van der Waals surface area (Å²) in [6, 6.07) is 3.25. The lowest BCUT2D eigenvalue weighted by Gasteiger charge is -2.03. The summed E-state index contributed by atoms with van der Waals surface area (Å²) in [7, 11) is 0. The van der Waals surface area contributed by atoms with Crippen LogP contribution >= 0.6 is 34.8 Å². The maximum Gasteiger partial charge on any atom is 0.229 e. The number of unbranched alkanes of at least 4 members (excludes halogenated alkanes) is 1. The maximum absolute atomic E-state index is 6.11. The van der Waals surface area contributed by atoms with Crippen molar-refractivity contribution < 1.29 is 4.42 Å². The third-order valence-electron chi connectivity index (χ3n) is 2.56. The minimum atomic E-state index is 0.438. The van der Waals surface area contributed by atoms with Crippen molar-refractivity contribution in [3.8, 4) is 11.5 Å². The number of hydrogen-bond acceptors (Lipinski definition) is 2. The largest absolute Gasteiger partial charge is 0.444 e. The Kier molecular flexibility index (Phi) is 4.55. The van der Waals surface area contributed by atoms with E-state index in [0.29, 0.717) is 26.5 Å². The van der Waals surface area contributed by atoms with E-state index in [4.69, 9.17) is 39.2 Å². The van der Waals surface area contributed by atoms with E-state index in [2.05, 4.69) is 11.9 Å². The average Bonchev–Trinajstić information content (AvgIpc) is 2.73. The molecule has 96 valence electrons. The molecule has 0 amide bonds. The Balaban J connectivity index is 2.34. The molecule has 2 rings (SSSR count). The molecule has 0 aliphatic carbocycles. The summed E-state index contributed by atoms with van der Waals surface area (Å²) in [5, 5.41) is 1.37. The molecule has 0 fully saturated rings. The van der Waals surface area contributed by atoms with Crippen molar-refractivity contribution in [3.63, 3.8) is 0 Å². The zero-order valence-electron chi connectivity index (χ0n) is 9.84. The van der Waals surface area contributed by atoms with E-state index >= 15 is 0 Å². The highest BCUT2D eigenvalue weighted by Gasteiger charge is 2.15. The molecular weight excluding hydrogens is 293 g/mol. The first-order valence-electron chi connectivity index (χ1n) is 5.71. The van der Waals surface area contributed by atoms with Crippen molar-refractivity contribution in [2.75, 3.05) is 0 Å². The van der Waals surface area contributed by atoms with Crippen molar-refractivity contribution in [2.45, 2.75) is 26.2 Å². The number of rotatable bonds is 4. The first kappa shape index (κ1) is 13.7. The van der Waals surface area contributed by atoms with E-state index < -0.39 is 0 Å². The summed E-state index contributed by atoms with van der Waals surface area (Å²) in [4.78, 5) is 4.39. The Bertz CT molecular complexity index is 528. The van der Waals surface area contributed by atoms with E-state index in [1.165, 1.54) is 0 Å². The second kappa shape index (κ2) is 5.96. The molecule has 18 heavy (non-hydrogen) atoms. The predicted molar refractivity (Wildman–Crippen MR) is 75.6 cm³/mol. The molecule has 0 spiro atoms. The van der Waals surface area contributed by atoms with Crippen LogP contribution in [0.1, 0.15) is 25.5 Å². The second-order valence-corrected chi connectivity index (χ2v) is 5.24. The first-order valence-corrected chi connectivity index (χ1v) is 6.84. The fraction of sp³-hybridized carbons (Fsp3) is 0.308. The van der Waals surface area contributed by atoms with Crippen LogP contribution in [-0.4, -0.2) is 4.98 Å². The maximum atomic E-state index is 6.11. The van der Waals surface area contributed by atoms with Crippen LogP contribution in [0.3, 0.4) is 0 Å². The Labute approximate surface area is 121 Å². The van der Waals surface area contributed by atoms with Crippen LogP contribution in [0.5, 0.6) is 0 Å². The Morgan fingerprint density at radius 1 is 1.17 bits per heavy atom. The highest BCUT2D eigenvalue weighted by atomic mass is 35.5. The fourth-order valence-corrected chi connectivity index (χ4v) is 2.62. The standard InChI is InChI=1S/C13H12Cl3NO/c1-2-3-4-9-7-18-13(17-9)12-10(15)5-8(14)6-11(12)16/h5-7H,2-4H2,1H3. The highest BCUT2D eigenvalue weighted by molar-refractivity contribution is 6.41. The Hall–Kier alpha value is -0.700. The van der Waals surface area contributed by atoms with E-state index in [1.54, 1.807) is 18.4 Å². The lowest BCUT2D eigenvalue weighted by atomic mass is 10.2. The zero-order valence-corrected chi connectivity index (χ0v) is 12.1. The number of nitrogens with zero attached hydrogens (tertiary/aromatic N) is 1. The van der Waals surface area contributed by atoms with E-state index in [0.717, 1.165) is 25.0 Å². The molecule has 1 heterocycles. The Morgan fingerprint density at radius 2 is 1.83 bits per heavy atom. The van der Waals surface area contributed by atoms with E-state index in [9.17, 15) is 0 Å². The van der Waals surface area contributed by atoms with Gasteiger partial charge in [-0.2, -0.15) is 0 Å². The minimum Gasteiger partial charge on any atom is -0.444 e. The quantitative estimate of drug-likeness (QED) is 0.730. The normalized spacial score (nSPS) is 10.9. The molecule has 2 aromatic rings. The van der Waals surface area contributed by atoms with Gasteiger partial charge in [0, 0.05) is 5.02 Å². The third-order valence-corrected chi connectivity index (χ3v) is 3.37. The topological polar surface area (TPSA) is 26.0 Å². The summed E-state index contributed by atoms with van der Waals surface area (Å²) in [6.07, 6.45) is 4.73. The van der Waals surface area contributed by atoms with Gasteiger partial charge in [-0.1, -0.05) is 48.1 Å². The molecular formula is C13H12Cl3NO. The van der Waals surface area contributed by atoms with Crippen LogP contribution in [0.2, 0.25) is 15.1 Å². The molecule has 1 aromatic heterocycles. The predicted octanol–water partition coefficient (Wildman–Crippen LogP) is 5.64. The van der Waals surface area contributed by atoms with Crippen molar-refractivity contribution in [1.29, 1.82) is 0 Å². The molecule has 0 saturated heterocycles. The number of halogens is 3. The van der Waals surface area contributed by atoms with Gasteiger partial charge in [-0.3, -0.25) is 0 Å². The minimum absolute atomic E-state index is 0.438. The summed E-state index contributed by atoms with van der Waals surface area (Å²) in [6.45, 7) is 2.13. The highest BCUT2D eigenvalue weighted by Crippen LogP contribution is 2.36. The van der Waals surface area contributed by atoms with Crippen LogP contribution in [0.15, 0.2) is 22.8 Å². The molecule has 5 heteroatoms. The summed E-state index contributed by atoms with van der Waals surface area (Å²) in [5.41, 5.74) is 1.50. The van der Waals surface area contributed by atoms with Gasteiger partial charge in [-0.15, -0.1) is 0 Å². The third kappa shape index (κ3) is 3.00. The van der Waals surface area contributed by atoms with Crippen molar-refractivity contribution in [3.05, 3.63) is 39.2 Å². The fourth-order valence-electron chi connectivity index (χ4n) is 1.64.